The van der Waals surface area contributed by atoms with Gasteiger partial charge in [0.25, 0.3) is 0 Å². The highest BCUT2D eigenvalue weighted by Crippen LogP contribution is 2.35. The molecule has 5 nitrogen and oxygen atoms in total. The van der Waals surface area contributed by atoms with Gasteiger partial charge in [-0.15, -0.1) is 0 Å². The van der Waals surface area contributed by atoms with Crippen molar-refractivity contribution in [3.8, 4) is 11.5 Å². The van der Waals surface area contributed by atoms with Crippen LogP contribution in [0.4, 0.5) is 0 Å². The number of nitrogens with zero attached hydrogens (tertiary/aromatic N) is 1. The molecule has 1 atom stereocenters. The molecule has 3 rings (SSSR count). The maximum Gasteiger partial charge on any atom is 0.168 e. The second-order valence-electron chi connectivity index (χ2n) is 4.50. The highest BCUT2D eigenvalue weighted by molar-refractivity contribution is 6.02. The number of ether oxygens (including phenoxy) is 1. The highest BCUT2D eigenvalue weighted by Gasteiger charge is 2.43. The molecule has 1 saturated heterocycles. The Hall–Kier alpha value is -1.75. The fourth-order valence-electron chi connectivity index (χ4n) is 2.18. The second kappa shape index (κ2) is 3.63. The summed E-state index contributed by atoms with van der Waals surface area (Å²) in [4.78, 5) is 5.46. The van der Waals surface area contributed by atoms with Gasteiger partial charge in [-0.25, -0.2) is 0 Å². The minimum atomic E-state index is -0.317. The summed E-state index contributed by atoms with van der Waals surface area (Å²) in [6.45, 7) is 1.26. The number of rotatable bonds is 1. The summed E-state index contributed by atoms with van der Waals surface area (Å²) in [7, 11) is 0. The molecule has 2 aliphatic heterocycles. The number of phenols is 2. The summed E-state index contributed by atoms with van der Waals surface area (Å²) in [5.74, 6) is -0.277. The third kappa shape index (κ3) is 1.72. The maximum absolute atomic E-state index is 9.45. The lowest BCUT2D eigenvalue weighted by atomic mass is 9.93. The number of hydrogen-bond acceptors (Lipinski definition) is 5. The van der Waals surface area contributed by atoms with Gasteiger partial charge in [0.15, 0.2) is 17.1 Å². The van der Waals surface area contributed by atoms with E-state index < -0.39 is 0 Å². The summed E-state index contributed by atoms with van der Waals surface area (Å²) >= 11 is 0. The zero-order chi connectivity index (χ0) is 11.9. The van der Waals surface area contributed by atoms with E-state index in [1.165, 1.54) is 12.1 Å². The topological polar surface area (TPSA) is 71.3 Å². The van der Waals surface area contributed by atoms with Gasteiger partial charge in [0.2, 0.25) is 0 Å². The Balaban J connectivity index is 1.84. The van der Waals surface area contributed by atoms with Gasteiger partial charge in [-0.2, -0.15) is 0 Å². The summed E-state index contributed by atoms with van der Waals surface area (Å²) < 4.78 is 5.32. The van der Waals surface area contributed by atoms with Crippen LogP contribution in [0.3, 0.4) is 0 Å². The summed E-state index contributed by atoms with van der Waals surface area (Å²) in [6, 6.07) is 4.65. The monoisotopic (exact) mass is 235 g/mol. The molecule has 0 amide bonds. The van der Waals surface area contributed by atoms with Crippen LogP contribution in [-0.4, -0.2) is 34.7 Å². The Kier molecular flexibility index (Phi) is 2.22. The number of benzene rings is 1. The summed E-state index contributed by atoms with van der Waals surface area (Å²) in [5.41, 5.74) is 1.23. The summed E-state index contributed by atoms with van der Waals surface area (Å²) in [5, 5.41) is 22.8. The minimum Gasteiger partial charge on any atom is -0.504 e. The van der Waals surface area contributed by atoms with Gasteiger partial charge in [-0.05, 0) is 18.2 Å². The average molecular weight is 235 g/mol. The van der Waals surface area contributed by atoms with E-state index >= 15 is 0 Å². The number of aromatic hydroxyl groups is 2. The first-order valence-electron chi connectivity index (χ1n) is 5.54. The van der Waals surface area contributed by atoms with Crippen LogP contribution in [0.25, 0.3) is 0 Å². The number of oxime groups is 1. The van der Waals surface area contributed by atoms with E-state index in [0.29, 0.717) is 19.6 Å². The molecule has 1 unspecified atom stereocenters. The van der Waals surface area contributed by atoms with Crippen molar-refractivity contribution < 1.29 is 19.8 Å². The van der Waals surface area contributed by atoms with Gasteiger partial charge in [0, 0.05) is 18.4 Å². The number of phenolic OH excluding ortho intramolecular Hbond substituents is 2. The predicted octanol–water partition coefficient (Wildman–Crippen LogP) is 1.38. The Morgan fingerprint density at radius 1 is 1.24 bits per heavy atom. The highest BCUT2D eigenvalue weighted by atomic mass is 16.7. The van der Waals surface area contributed by atoms with E-state index in [4.69, 9.17) is 9.57 Å². The Labute approximate surface area is 98.3 Å². The molecule has 1 aromatic carbocycles. The van der Waals surface area contributed by atoms with E-state index in [0.717, 1.165) is 17.7 Å². The zero-order valence-corrected chi connectivity index (χ0v) is 9.22. The fourth-order valence-corrected chi connectivity index (χ4v) is 2.18. The first-order chi connectivity index (χ1) is 8.19. The fraction of sp³-hybridized carbons (Fsp3) is 0.417. The van der Waals surface area contributed by atoms with Crippen molar-refractivity contribution in [3.63, 3.8) is 0 Å². The molecule has 1 fully saturated rings. The van der Waals surface area contributed by atoms with Gasteiger partial charge >= 0.3 is 0 Å². The summed E-state index contributed by atoms with van der Waals surface area (Å²) in [6.07, 6.45) is 1.52. The van der Waals surface area contributed by atoms with Crippen molar-refractivity contribution in [1.29, 1.82) is 0 Å². The van der Waals surface area contributed by atoms with Crippen molar-refractivity contribution >= 4 is 5.71 Å². The van der Waals surface area contributed by atoms with Crippen LogP contribution in [0, 0.1) is 0 Å². The molecule has 2 N–H and O–H groups in total. The molecular formula is C12H13NO4. The van der Waals surface area contributed by atoms with Gasteiger partial charge in [0.05, 0.1) is 18.9 Å². The molecule has 0 aromatic heterocycles. The molecular weight excluding hydrogens is 222 g/mol. The number of hydrogen-bond donors (Lipinski definition) is 2. The van der Waals surface area contributed by atoms with Crippen molar-refractivity contribution in [2.75, 3.05) is 13.2 Å². The third-order valence-corrected chi connectivity index (χ3v) is 3.21. The molecule has 1 spiro atoms. The van der Waals surface area contributed by atoms with Gasteiger partial charge < -0.3 is 19.8 Å². The molecule has 2 aliphatic rings. The average Bonchev–Trinajstić information content (AvgIpc) is 2.94. The third-order valence-electron chi connectivity index (χ3n) is 3.21. The van der Waals surface area contributed by atoms with Gasteiger partial charge in [-0.1, -0.05) is 5.16 Å². The molecule has 0 bridgehead atoms. The normalized spacial score (nSPS) is 27.2. The van der Waals surface area contributed by atoms with Crippen molar-refractivity contribution in [2.24, 2.45) is 5.16 Å². The molecule has 0 saturated carbocycles. The molecule has 0 radical (unpaired) electrons. The van der Waals surface area contributed by atoms with Crippen LogP contribution in [0.2, 0.25) is 0 Å². The smallest absolute Gasteiger partial charge is 0.168 e. The predicted molar refractivity (Wildman–Crippen MR) is 60.2 cm³/mol. The van der Waals surface area contributed by atoms with Gasteiger partial charge in [0.1, 0.15) is 0 Å². The van der Waals surface area contributed by atoms with Crippen LogP contribution in [0.1, 0.15) is 18.4 Å². The zero-order valence-electron chi connectivity index (χ0n) is 9.22. The van der Waals surface area contributed by atoms with Crippen molar-refractivity contribution in [1.82, 2.24) is 0 Å². The Morgan fingerprint density at radius 3 is 2.82 bits per heavy atom. The van der Waals surface area contributed by atoms with Crippen LogP contribution in [0.5, 0.6) is 11.5 Å². The molecule has 17 heavy (non-hydrogen) atoms. The first-order valence-corrected chi connectivity index (χ1v) is 5.54. The standard InChI is InChI=1S/C12H13NO4/c14-10-2-1-8(5-11(10)15)9-6-12(17-13-9)3-4-16-7-12/h1-2,5,14-15H,3-4,6-7H2. The second-order valence-corrected chi connectivity index (χ2v) is 4.50. The largest absolute Gasteiger partial charge is 0.504 e. The molecule has 90 valence electrons. The van der Waals surface area contributed by atoms with Crippen molar-refractivity contribution in [3.05, 3.63) is 23.8 Å². The molecule has 2 heterocycles. The van der Waals surface area contributed by atoms with E-state index in [2.05, 4.69) is 5.16 Å². The van der Waals surface area contributed by atoms with E-state index in [-0.39, 0.29) is 17.1 Å². The van der Waals surface area contributed by atoms with E-state index in [9.17, 15) is 10.2 Å². The van der Waals surface area contributed by atoms with Crippen molar-refractivity contribution in [2.45, 2.75) is 18.4 Å². The maximum atomic E-state index is 9.45. The van der Waals surface area contributed by atoms with E-state index in [1.54, 1.807) is 6.07 Å². The Morgan fingerprint density at radius 2 is 2.12 bits per heavy atom. The first kappa shape index (κ1) is 10.4. The van der Waals surface area contributed by atoms with Crippen LogP contribution in [0.15, 0.2) is 23.4 Å². The lowest BCUT2D eigenvalue weighted by Crippen LogP contribution is -2.29. The SMILES string of the molecule is Oc1ccc(C2=NOC3(CCOC3)C2)cc1O. The molecule has 1 aromatic rings. The van der Waals surface area contributed by atoms with Crippen LogP contribution in [-0.2, 0) is 9.57 Å². The van der Waals surface area contributed by atoms with Crippen LogP contribution >= 0.6 is 0 Å². The van der Waals surface area contributed by atoms with E-state index in [1.807, 2.05) is 0 Å². The lowest BCUT2D eigenvalue weighted by Gasteiger charge is -2.17. The minimum absolute atomic E-state index is 0.132. The molecule has 0 aliphatic carbocycles. The quantitative estimate of drug-likeness (QED) is 0.721. The lowest BCUT2D eigenvalue weighted by molar-refractivity contribution is -0.0237. The molecule has 5 heteroatoms. The van der Waals surface area contributed by atoms with Crippen LogP contribution < -0.4 is 0 Å². The Bertz CT molecular complexity index is 477. The van der Waals surface area contributed by atoms with Gasteiger partial charge in [-0.3, -0.25) is 0 Å².